The first kappa shape index (κ1) is 10.0. The SMILES string of the molecule is CCOC(=O)[C@@]1(C)CC(C)=NN1C. The van der Waals surface area contributed by atoms with E-state index >= 15 is 0 Å². The Morgan fingerprint density at radius 2 is 2.38 bits per heavy atom. The molecule has 1 aliphatic heterocycles. The summed E-state index contributed by atoms with van der Waals surface area (Å²) in [6.45, 7) is 6.00. The summed E-state index contributed by atoms with van der Waals surface area (Å²) < 4.78 is 4.99. The van der Waals surface area contributed by atoms with Gasteiger partial charge in [0.15, 0.2) is 5.54 Å². The molecule has 0 N–H and O–H groups in total. The number of likely N-dealkylation sites (N-methyl/N-ethyl adjacent to an activating group) is 1. The Bertz CT molecular complexity index is 250. The van der Waals surface area contributed by atoms with E-state index in [-0.39, 0.29) is 5.97 Å². The lowest BCUT2D eigenvalue weighted by atomic mass is 9.97. The molecule has 0 saturated heterocycles. The third-order valence-electron chi connectivity index (χ3n) is 2.35. The molecule has 74 valence electrons. The highest BCUT2D eigenvalue weighted by Gasteiger charge is 2.43. The third-order valence-corrected chi connectivity index (χ3v) is 2.35. The largest absolute Gasteiger partial charge is 0.464 e. The van der Waals surface area contributed by atoms with Crippen LogP contribution in [0.2, 0.25) is 0 Å². The van der Waals surface area contributed by atoms with Crippen molar-refractivity contribution >= 4 is 11.7 Å². The van der Waals surface area contributed by atoms with Crippen molar-refractivity contribution in [2.24, 2.45) is 5.10 Å². The molecule has 0 amide bonds. The minimum Gasteiger partial charge on any atom is -0.464 e. The van der Waals surface area contributed by atoms with Crippen LogP contribution in [-0.4, -0.2) is 35.9 Å². The number of carbonyl (C=O) groups is 1. The van der Waals surface area contributed by atoms with E-state index < -0.39 is 5.54 Å². The van der Waals surface area contributed by atoms with Crippen molar-refractivity contribution in [3.63, 3.8) is 0 Å². The fourth-order valence-electron chi connectivity index (χ4n) is 1.51. The molecule has 0 aromatic heterocycles. The quantitative estimate of drug-likeness (QED) is 0.602. The smallest absolute Gasteiger partial charge is 0.333 e. The van der Waals surface area contributed by atoms with E-state index in [9.17, 15) is 4.79 Å². The summed E-state index contributed by atoms with van der Waals surface area (Å²) >= 11 is 0. The minimum atomic E-state index is -0.597. The van der Waals surface area contributed by atoms with Crippen molar-refractivity contribution in [1.82, 2.24) is 5.01 Å². The lowest BCUT2D eigenvalue weighted by Gasteiger charge is -2.28. The number of rotatable bonds is 2. The van der Waals surface area contributed by atoms with Crippen molar-refractivity contribution in [2.75, 3.05) is 13.7 Å². The standard InChI is InChI=1S/C9H16N2O2/c1-5-13-8(12)9(3)6-7(2)10-11(9)4/h5-6H2,1-4H3/t9-/m1/s1. The minimum absolute atomic E-state index is 0.196. The highest BCUT2D eigenvalue weighted by Crippen LogP contribution is 2.26. The summed E-state index contributed by atoms with van der Waals surface area (Å²) in [5.74, 6) is -0.196. The van der Waals surface area contributed by atoms with Crippen LogP contribution in [0, 0.1) is 0 Å². The second-order valence-electron chi connectivity index (χ2n) is 3.53. The van der Waals surface area contributed by atoms with Gasteiger partial charge in [-0.25, -0.2) is 4.79 Å². The Labute approximate surface area is 78.6 Å². The Balaban J connectivity index is 2.74. The van der Waals surface area contributed by atoms with Crippen LogP contribution in [0.4, 0.5) is 0 Å². The molecule has 0 saturated carbocycles. The normalized spacial score (nSPS) is 27.4. The van der Waals surface area contributed by atoms with E-state index in [2.05, 4.69) is 5.10 Å². The van der Waals surface area contributed by atoms with E-state index in [1.54, 1.807) is 12.1 Å². The van der Waals surface area contributed by atoms with Crippen LogP contribution < -0.4 is 0 Å². The maximum Gasteiger partial charge on any atom is 0.333 e. The van der Waals surface area contributed by atoms with Crippen molar-refractivity contribution in [3.05, 3.63) is 0 Å². The Hall–Kier alpha value is -1.06. The molecular formula is C9H16N2O2. The second-order valence-corrected chi connectivity index (χ2v) is 3.53. The Kier molecular flexibility index (Phi) is 2.59. The monoisotopic (exact) mass is 184 g/mol. The number of carbonyl (C=O) groups excluding carboxylic acids is 1. The van der Waals surface area contributed by atoms with Crippen LogP contribution in [0.1, 0.15) is 27.2 Å². The summed E-state index contributed by atoms with van der Waals surface area (Å²) in [5.41, 5.74) is 0.373. The van der Waals surface area contributed by atoms with Gasteiger partial charge in [-0.3, -0.25) is 5.01 Å². The Morgan fingerprint density at radius 1 is 1.77 bits per heavy atom. The highest BCUT2D eigenvalue weighted by molar-refractivity contribution is 5.93. The topological polar surface area (TPSA) is 41.9 Å². The van der Waals surface area contributed by atoms with Gasteiger partial charge in [0.05, 0.1) is 6.61 Å². The summed E-state index contributed by atoms with van der Waals surface area (Å²) in [5, 5.41) is 5.88. The lowest BCUT2D eigenvalue weighted by Crippen LogP contribution is -2.46. The molecule has 1 heterocycles. The van der Waals surface area contributed by atoms with E-state index in [0.717, 1.165) is 5.71 Å². The van der Waals surface area contributed by atoms with Crippen LogP contribution in [0.25, 0.3) is 0 Å². The molecule has 0 aromatic rings. The predicted octanol–water partition coefficient (Wildman–Crippen LogP) is 1.02. The van der Waals surface area contributed by atoms with Gasteiger partial charge < -0.3 is 4.74 Å². The van der Waals surface area contributed by atoms with Crippen molar-refractivity contribution in [3.8, 4) is 0 Å². The van der Waals surface area contributed by atoms with E-state index in [1.165, 1.54) is 0 Å². The molecule has 0 fully saturated rings. The van der Waals surface area contributed by atoms with Crippen molar-refractivity contribution in [1.29, 1.82) is 0 Å². The number of hydrogen-bond acceptors (Lipinski definition) is 4. The van der Waals surface area contributed by atoms with Crippen molar-refractivity contribution < 1.29 is 9.53 Å². The van der Waals surface area contributed by atoms with Crippen LogP contribution >= 0.6 is 0 Å². The molecule has 1 rings (SSSR count). The van der Waals surface area contributed by atoms with Gasteiger partial charge in [-0.1, -0.05) is 0 Å². The van der Waals surface area contributed by atoms with Gasteiger partial charge in [0.1, 0.15) is 0 Å². The maximum absolute atomic E-state index is 11.6. The zero-order valence-electron chi connectivity index (χ0n) is 8.63. The van der Waals surface area contributed by atoms with Crippen LogP contribution in [0.15, 0.2) is 5.10 Å². The van der Waals surface area contributed by atoms with Gasteiger partial charge >= 0.3 is 5.97 Å². The second kappa shape index (κ2) is 3.36. The molecule has 0 aliphatic carbocycles. The molecule has 1 aliphatic rings. The fraction of sp³-hybridized carbons (Fsp3) is 0.778. The predicted molar refractivity (Wildman–Crippen MR) is 50.5 cm³/mol. The number of ether oxygens (including phenoxy) is 1. The number of hydrazone groups is 1. The molecule has 4 nitrogen and oxygen atoms in total. The first-order valence-electron chi connectivity index (χ1n) is 4.46. The van der Waals surface area contributed by atoms with Gasteiger partial charge in [-0.2, -0.15) is 5.10 Å². The van der Waals surface area contributed by atoms with Crippen LogP contribution in [0.3, 0.4) is 0 Å². The summed E-state index contributed by atoms with van der Waals surface area (Å²) in [6, 6.07) is 0. The van der Waals surface area contributed by atoms with Crippen LogP contribution in [0.5, 0.6) is 0 Å². The average Bonchev–Trinajstić information content (AvgIpc) is 2.28. The third kappa shape index (κ3) is 1.66. The molecule has 0 radical (unpaired) electrons. The number of esters is 1. The highest BCUT2D eigenvalue weighted by atomic mass is 16.5. The van der Waals surface area contributed by atoms with Crippen molar-refractivity contribution in [2.45, 2.75) is 32.7 Å². The number of nitrogens with zero attached hydrogens (tertiary/aromatic N) is 2. The Morgan fingerprint density at radius 3 is 2.77 bits per heavy atom. The van der Waals surface area contributed by atoms with Gasteiger partial charge in [0.2, 0.25) is 0 Å². The van der Waals surface area contributed by atoms with Gasteiger partial charge in [0.25, 0.3) is 0 Å². The first-order chi connectivity index (χ1) is 6.00. The number of hydrogen-bond donors (Lipinski definition) is 0. The molecule has 4 heteroatoms. The lowest BCUT2D eigenvalue weighted by molar-refractivity contribution is -0.154. The maximum atomic E-state index is 11.6. The molecular weight excluding hydrogens is 168 g/mol. The molecule has 0 aromatic carbocycles. The summed E-state index contributed by atoms with van der Waals surface area (Å²) in [4.78, 5) is 11.6. The first-order valence-corrected chi connectivity index (χ1v) is 4.46. The fourth-order valence-corrected chi connectivity index (χ4v) is 1.51. The van der Waals surface area contributed by atoms with Crippen LogP contribution in [-0.2, 0) is 9.53 Å². The van der Waals surface area contributed by atoms with Gasteiger partial charge in [0, 0.05) is 19.2 Å². The van der Waals surface area contributed by atoms with E-state index in [4.69, 9.17) is 4.74 Å². The van der Waals surface area contributed by atoms with Gasteiger partial charge in [-0.05, 0) is 20.8 Å². The molecule has 0 spiro atoms. The summed E-state index contributed by atoms with van der Waals surface area (Å²) in [6.07, 6.45) is 0.655. The average molecular weight is 184 g/mol. The molecule has 13 heavy (non-hydrogen) atoms. The summed E-state index contributed by atoms with van der Waals surface area (Å²) in [7, 11) is 1.80. The molecule has 1 atom stereocenters. The van der Waals surface area contributed by atoms with Gasteiger partial charge in [-0.15, -0.1) is 0 Å². The molecule has 0 unspecified atom stereocenters. The van der Waals surface area contributed by atoms with E-state index in [0.29, 0.717) is 13.0 Å². The zero-order chi connectivity index (χ0) is 10.1. The van der Waals surface area contributed by atoms with E-state index in [1.807, 2.05) is 20.8 Å². The zero-order valence-corrected chi connectivity index (χ0v) is 8.63. The molecule has 0 bridgehead atoms.